The molecule has 0 spiro atoms. The number of benzene rings is 1. The molecular formula is C23H19F3N4O4. The second-order valence-corrected chi connectivity index (χ2v) is 7.59. The molecule has 0 saturated heterocycles. The third kappa shape index (κ3) is 4.82. The molecular weight excluding hydrogens is 453 g/mol. The molecule has 1 aliphatic rings. The Hall–Kier alpha value is -4.02. The van der Waals surface area contributed by atoms with E-state index in [9.17, 15) is 22.8 Å². The van der Waals surface area contributed by atoms with E-state index in [1.807, 2.05) is 0 Å². The van der Waals surface area contributed by atoms with Crippen LogP contribution in [0.5, 0.6) is 11.6 Å². The number of alkyl halides is 3. The molecule has 176 valence electrons. The van der Waals surface area contributed by atoms with Gasteiger partial charge in [0.05, 0.1) is 23.6 Å². The number of halogens is 3. The molecule has 3 aromatic rings. The summed E-state index contributed by atoms with van der Waals surface area (Å²) in [4.78, 5) is 39.6. The Balaban J connectivity index is 1.53. The van der Waals surface area contributed by atoms with E-state index in [1.165, 1.54) is 30.3 Å². The first kappa shape index (κ1) is 23.1. The van der Waals surface area contributed by atoms with Crippen LogP contribution in [0.3, 0.4) is 0 Å². The van der Waals surface area contributed by atoms with Crippen LogP contribution in [0.1, 0.15) is 50.8 Å². The zero-order chi connectivity index (χ0) is 24.5. The number of nitrogens with zero attached hydrogens (tertiary/aromatic N) is 4. The van der Waals surface area contributed by atoms with Crippen LogP contribution in [0.15, 0.2) is 48.8 Å². The molecule has 0 radical (unpaired) electrons. The van der Waals surface area contributed by atoms with Gasteiger partial charge in [0.1, 0.15) is 5.75 Å². The normalized spacial score (nSPS) is 14.0. The standard InChI is InChI=1S/C23H19F3N4O4/c1-13-20(33-12-23(24,25)26)28-10-18(29-13)14(2)30-11-17-16(21(30)31)8-9-27-19(17)22(32)34-15-6-4-3-5-7-15/h3-10,14H,11-12H2,1-2H3. The molecule has 8 nitrogen and oxygen atoms in total. The van der Waals surface area contributed by atoms with Crippen LogP contribution in [-0.2, 0) is 6.54 Å². The molecule has 1 aromatic carbocycles. The van der Waals surface area contributed by atoms with E-state index < -0.39 is 24.8 Å². The van der Waals surface area contributed by atoms with Crippen LogP contribution in [-0.4, -0.2) is 44.5 Å². The number of hydrogen-bond acceptors (Lipinski definition) is 7. The summed E-state index contributed by atoms with van der Waals surface area (Å²) in [6.45, 7) is 1.78. The Labute approximate surface area is 192 Å². The molecule has 1 aliphatic heterocycles. The van der Waals surface area contributed by atoms with Gasteiger partial charge in [0.15, 0.2) is 12.3 Å². The minimum absolute atomic E-state index is 0.0302. The highest BCUT2D eigenvalue weighted by Crippen LogP contribution is 2.32. The predicted octanol–water partition coefficient (Wildman–Crippen LogP) is 4.06. The summed E-state index contributed by atoms with van der Waals surface area (Å²) in [5.74, 6) is -0.915. The number of amides is 1. The summed E-state index contributed by atoms with van der Waals surface area (Å²) in [5.41, 5.74) is 1.29. The van der Waals surface area contributed by atoms with Crippen LogP contribution < -0.4 is 9.47 Å². The van der Waals surface area contributed by atoms with E-state index in [-0.39, 0.29) is 29.7 Å². The Bertz CT molecular complexity index is 1230. The van der Waals surface area contributed by atoms with Gasteiger partial charge in [0.2, 0.25) is 5.88 Å². The van der Waals surface area contributed by atoms with E-state index in [1.54, 1.807) is 37.3 Å². The number of para-hydroxylation sites is 1. The van der Waals surface area contributed by atoms with Gasteiger partial charge in [-0.2, -0.15) is 13.2 Å². The molecule has 0 N–H and O–H groups in total. The number of aromatic nitrogens is 3. The van der Waals surface area contributed by atoms with E-state index in [0.717, 1.165) is 0 Å². The highest BCUT2D eigenvalue weighted by Gasteiger charge is 2.36. The number of esters is 1. The Kier molecular flexibility index (Phi) is 6.18. The maximum absolute atomic E-state index is 13.1. The van der Waals surface area contributed by atoms with Crippen molar-refractivity contribution in [2.75, 3.05) is 6.61 Å². The van der Waals surface area contributed by atoms with Gasteiger partial charge in [-0.1, -0.05) is 18.2 Å². The SMILES string of the molecule is Cc1nc(C(C)N2Cc3c(ccnc3C(=O)Oc3ccccc3)C2=O)cnc1OCC(F)(F)F. The highest BCUT2D eigenvalue weighted by molar-refractivity contribution is 6.02. The topological polar surface area (TPSA) is 94.5 Å². The molecule has 3 heterocycles. The molecule has 1 unspecified atom stereocenters. The first-order chi connectivity index (χ1) is 16.1. The fourth-order valence-corrected chi connectivity index (χ4v) is 3.52. The lowest BCUT2D eigenvalue weighted by atomic mass is 10.1. The van der Waals surface area contributed by atoms with Crippen LogP contribution in [0.2, 0.25) is 0 Å². The van der Waals surface area contributed by atoms with Gasteiger partial charge in [0.25, 0.3) is 5.91 Å². The first-order valence-corrected chi connectivity index (χ1v) is 10.2. The van der Waals surface area contributed by atoms with Crippen LogP contribution in [0.4, 0.5) is 13.2 Å². The second kappa shape index (κ2) is 9.08. The molecule has 0 bridgehead atoms. The molecule has 0 saturated carbocycles. The minimum Gasteiger partial charge on any atom is -0.467 e. The van der Waals surface area contributed by atoms with Crippen molar-refractivity contribution in [1.82, 2.24) is 19.9 Å². The Morgan fingerprint density at radius 3 is 2.59 bits per heavy atom. The molecule has 2 aromatic heterocycles. The zero-order valence-corrected chi connectivity index (χ0v) is 18.2. The summed E-state index contributed by atoms with van der Waals surface area (Å²) in [6, 6.07) is 9.43. The van der Waals surface area contributed by atoms with E-state index in [4.69, 9.17) is 4.74 Å². The third-order valence-corrected chi connectivity index (χ3v) is 5.21. The van der Waals surface area contributed by atoms with Crippen molar-refractivity contribution in [2.45, 2.75) is 32.6 Å². The Morgan fingerprint density at radius 1 is 1.18 bits per heavy atom. The predicted molar refractivity (Wildman–Crippen MR) is 112 cm³/mol. The number of carbonyl (C=O) groups is 2. The summed E-state index contributed by atoms with van der Waals surface area (Å²) < 4.78 is 47.3. The maximum atomic E-state index is 13.1. The molecule has 1 atom stereocenters. The van der Waals surface area contributed by atoms with Crippen LogP contribution in [0.25, 0.3) is 0 Å². The van der Waals surface area contributed by atoms with Crippen molar-refractivity contribution in [2.24, 2.45) is 0 Å². The number of rotatable bonds is 6. The monoisotopic (exact) mass is 472 g/mol. The number of hydrogen-bond donors (Lipinski definition) is 0. The van der Waals surface area contributed by atoms with Gasteiger partial charge >= 0.3 is 12.1 Å². The third-order valence-electron chi connectivity index (χ3n) is 5.21. The lowest BCUT2D eigenvalue weighted by Crippen LogP contribution is -2.28. The summed E-state index contributed by atoms with van der Waals surface area (Å²) in [7, 11) is 0. The average molecular weight is 472 g/mol. The van der Waals surface area contributed by atoms with Crippen molar-refractivity contribution < 1.29 is 32.2 Å². The smallest absolute Gasteiger partial charge is 0.422 e. The fraction of sp³-hybridized carbons (Fsp3) is 0.261. The number of carbonyl (C=O) groups excluding carboxylic acids is 2. The van der Waals surface area contributed by atoms with E-state index in [2.05, 4.69) is 19.7 Å². The largest absolute Gasteiger partial charge is 0.467 e. The molecule has 4 rings (SSSR count). The van der Waals surface area contributed by atoms with Gasteiger partial charge in [-0.3, -0.25) is 4.79 Å². The first-order valence-electron chi connectivity index (χ1n) is 10.2. The number of aryl methyl sites for hydroxylation is 1. The van der Waals surface area contributed by atoms with Gasteiger partial charge in [-0.25, -0.2) is 19.7 Å². The second-order valence-electron chi connectivity index (χ2n) is 7.59. The maximum Gasteiger partial charge on any atom is 0.422 e. The number of fused-ring (bicyclic) bond motifs is 1. The average Bonchev–Trinajstić information content (AvgIpc) is 3.14. The lowest BCUT2D eigenvalue weighted by Gasteiger charge is -2.24. The van der Waals surface area contributed by atoms with Crippen molar-refractivity contribution >= 4 is 11.9 Å². The van der Waals surface area contributed by atoms with Crippen molar-refractivity contribution in [1.29, 1.82) is 0 Å². The Morgan fingerprint density at radius 2 is 1.91 bits per heavy atom. The summed E-state index contributed by atoms with van der Waals surface area (Å²) in [5, 5.41) is 0. The quantitative estimate of drug-likeness (QED) is 0.395. The lowest BCUT2D eigenvalue weighted by molar-refractivity contribution is -0.154. The van der Waals surface area contributed by atoms with Gasteiger partial charge < -0.3 is 14.4 Å². The zero-order valence-electron chi connectivity index (χ0n) is 18.2. The van der Waals surface area contributed by atoms with E-state index >= 15 is 0 Å². The highest BCUT2D eigenvalue weighted by atomic mass is 19.4. The molecule has 11 heteroatoms. The summed E-state index contributed by atoms with van der Waals surface area (Å²) in [6.07, 6.45) is -1.87. The van der Waals surface area contributed by atoms with Gasteiger partial charge in [0, 0.05) is 23.9 Å². The van der Waals surface area contributed by atoms with Crippen LogP contribution in [0, 0.1) is 6.92 Å². The van der Waals surface area contributed by atoms with E-state index in [0.29, 0.717) is 22.6 Å². The molecule has 34 heavy (non-hydrogen) atoms. The van der Waals surface area contributed by atoms with Crippen molar-refractivity contribution in [3.05, 3.63) is 77.0 Å². The van der Waals surface area contributed by atoms with Crippen molar-refractivity contribution in [3.63, 3.8) is 0 Å². The fourth-order valence-electron chi connectivity index (χ4n) is 3.52. The van der Waals surface area contributed by atoms with Crippen LogP contribution >= 0.6 is 0 Å². The van der Waals surface area contributed by atoms with Gasteiger partial charge in [-0.15, -0.1) is 0 Å². The number of pyridine rings is 1. The molecule has 0 fully saturated rings. The molecule has 0 aliphatic carbocycles. The number of ether oxygens (including phenoxy) is 2. The minimum atomic E-state index is -4.50. The molecule has 1 amide bonds. The van der Waals surface area contributed by atoms with Gasteiger partial charge in [-0.05, 0) is 32.0 Å². The van der Waals surface area contributed by atoms with Crippen molar-refractivity contribution in [3.8, 4) is 11.6 Å². The summed E-state index contributed by atoms with van der Waals surface area (Å²) >= 11 is 0.